The van der Waals surface area contributed by atoms with Crippen molar-refractivity contribution in [1.29, 1.82) is 0 Å². The zero-order chi connectivity index (χ0) is 25.5. The van der Waals surface area contributed by atoms with Crippen molar-refractivity contribution in [1.82, 2.24) is 14.6 Å². The van der Waals surface area contributed by atoms with Crippen molar-refractivity contribution in [3.63, 3.8) is 0 Å². The first kappa shape index (κ1) is 24.4. The molecule has 1 N–H and O–H groups in total. The summed E-state index contributed by atoms with van der Waals surface area (Å²) < 4.78 is 42.5. The van der Waals surface area contributed by atoms with Crippen molar-refractivity contribution in [2.24, 2.45) is 5.41 Å². The van der Waals surface area contributed by atoms with Gasteiger partial charge in [0.05, 0.1) is 28.8 Å². The lowest BCUT2D eigenvalue weighted by molar-refractivity contribution is -0.137. The summed E-state index contributed by atoms with van der Waals surface area (Å²) in [6.45, 7) is 9.16. The highest BCUT2D eigenvalue weighted by atomic mass is 19.4. The van der Waals surface area contributed by atoms with Gasteiger partial charge in [0.2, 0.25) is 5.91 Å². The van der Waals surface area contributed by atoms with Crippen LogP contribution in [-0.2, 0) is 11.0 Å². The summed E-state index contributed by atoms with van der Waals surface area (Å²) in [6, 6.07) is 15.4. The third-order valence-electron chi connectivity index (χ3n) is 5.73. The number of hydrogen-bond acceptors (Lipinski definition) is 3. The second-order valence-electron chi connectivity index (χ2n) is 9.85. The molecule has 0 unspecified atom stereocenters. The number of hydrogen-bond donors (Lipinski definition) is 1. The Morgan fingerprint density at radius 2 is 1.69 bits per heavy atom. The number of carbonyl (C=O) groups is 1. The maximum atomic E-state index is 13.6. The van der Waals surface area contributed by atoms with Gasteiger partial charge in [-0.15, -0.1) is 0 Å². The molecule has 0 aliphatic heterocycles. The van der Waals surface area contributed by atoms with Gasteiger partial charge in [-0.05, 0) is 35.7 Å². The third-order valence-corrected chi connectivity index (χ3v) is 5.73. The molecule has 0 atom stereocenters. The van der Waals surface area contributed by atoms with Gasteiger partial charge in [-0.2, -0.15) is 18.3 Å². The number of carbonyl (C=O) groups excluding carboxylic acids is 1. The summed E-state index contributed by atoms with van der Waals surface area (Å²) in [5.41, 5.74) is 2.35. The van der Waals surface area contributed by atoms with E-state index in [0.29, 0.717) is 22.8 Å². The molecule has 35 heavy (non-hydrogen) atoms. The van der Waals surface area contributed by atoms with Crippen molar-refractivity contribution in [2.45, 2.75) is 46.7 Å². The van der Waals surface area contributed by atoms with Gasteiger partial charge in [-0.1, -0.05) is 65.0 Å². The van der Waals surface area contributed by atoms with Gasteiger partial charge in [0, 0.05) is 16.5 Å². The van der Waals surface area contributed by atoms with Gasteiger partial charge < -0.3 is 5.32 Å². The lowest BCUT2D eigenvalue weighted by atomic mass is 9.95. The molecule has 1 amide bonds. The smallest absolute Gasteiger partial charge is 0.325 e. The van der Waals surface area contributed by atoms with Crippen molar-refractivity contribution in [3.8, 4) is 22.5 Å². The maximum Gasteiger partial charge on any atom is 0.418 e. The van der Waals surface area contributed by atoms with Crippen molar-refractivity contribution in [2.75, 3.05) is 5.32 Å². The number of halogens is 3. The van der Waals surface area contributed by atoms with Gasteiger partial charge in [0.15, 0.2) is 5.65 Å². The van der Waals surface area contributed by atoms with Crippen LogP contribution >= 0.6 is 0 Å². The lowest BCUT2D eigenvalue weighted by Gasteiger charge is -2.20. The number of rotatable bonds is 4. The monoisotopic (exact) mass is 480 g/mol. The Morgan fingerprint density at radius 1 is 0.971 bits per heavy atom. The molecule has 5 nitrogen and oxygen atoms in total. The van der Waals surface area contributed by atoms with Crippen molar-refractivity contribution < 1.29 is 18.0 Å². The topological polar surface area (TPSA) is 59.3 Å². The SMILES string of the molecule is CC(C)c1ccccc1-c1ccc2nc(-c3ccc(C(F)(F)F)c(NC(=O)C(C)(C)C)c3)cn2n1. The molecule has 0 aliphatic rings. The second-order valence-corrected chi connectivity index (χ2v) is 9.85. The van der Waals surface area contributed by atoms with Gasteiger partial charge in [0.1, 0.15) is 0 Å². The number of fused-ring (bicyclic) bond motifs is 1. The van der Waals surface area contributed by atoms with E-state index in [1.165, 1.54) is 17.7 Å². The van der Waals surface area contributed by atoms with Crippen LogP contribution in [0.25, 0.3) is 28.2 Å². The summed E-state index contributed by atoms with van der Waals surface area (Å²) in [5, 5.41) is 7.14. The average molecular weight is 481 g/mol. The van der Waals surface area contributed by atoms with Crippen LogP contribution in [0, 0.1) is 5.41 Å². The minimum absolute atomic E-state index is 0.300. The number of anilines is 1. The van der Waals surface area contributed by atoms with E-state index >= 15 is 0 Å². The van der Waals surface area contributed by atoms with Crippen molar-refractivity contribution >= 4 is 17.2 Å². The van der Waals surface area contributed by atoms with E-state index in [-0.39, 0.29) is 5.69 Å². The zero-order valence-corrected chi connectivity index (χ0v) is 20.2. The molecule has 4 aromatic rings. The minimum atomic E-state index is -4.61. The van der Waals surface area contributed by atoms with Crippen LogP contribution in [-0.4, -0.2) is 20.5 Å². The van der Waals surface area contributed by atoms with E-state index in [4.69, 9.17) is 5.10 Å². The molecular formula is C27H27F3N4O. The van der Waals surface area contributed by atoms with E-state index in [1.54, 1.807) is 31.5 Å². The molecule has 0 radical (unpaired) electrons. The van der Waals surface area contributed by atoms with Gasteiger partial charge >= 0.3 is 6.18 Å². The molecule has 4 rings (SSSR count). The molecule has 2 heterocycles. The van der Waals surface area contributed by atoms with Crippen LogP contribution < -0.4 is 5.32 Å². The Bertz CT molecular complexity index is 1400. The number of nitrogens with zero attached hydrogens (tertiary/aromatic N) is 3. The van der Waals surface area contributed by atoms with Crippen LogP contribution in [0.3, 0.4) is 0 Å². The molecule has 182 valence electrons. The molecule has 0 fully saturated rings. The van der Waals surface area contributed by atoms with Crippen molar-refractivity contribution in [3.05, 3.63) is 71.9 Å². The molecule has 8 heteroatoms. The molecule has 0 saturated heterocycles. The summed E-state index contributed by atoms with van der Waals surface area (Å²) in [4.78, 5) is 17.0. The first-order chi connectivity index (χ1) is 16.3. The predicted molar refractivity (Wildman–Crippen MR) is 131 cm³/mol. The first-order valence-corrected chi connectivity index (χ1v) is 11.3. The van der Waals surface area contributed by atoms with Crippen LogP contribution in [0.1, 0.15) is 51.7 Å². The van der Waals surface area contributed by atoms with Gasteiger partial charge in [-0.25, -0.2) is 9.50 Å². The fourth-order valence-electron chi connectivity index (χ4n) is 3.76. The fourth-order valence-corrected chi connectivity index (χ4v) is 3.76. The molecule has 2 aromatic carbocycles. The van der Waals surface area contributed by atoms with E-state index in [9.17, 15) is 18.0 Å². The molecule has 0 spiro atoms. The van der Waals surface area contributed by atoms with E-state index in [0.717, 1.165) is 17.3 Å². The average Bonchev–Trinajstić information content (AvgIpc) is 3.21. The summed E-state index contributed by atoms with van der Waals surface area (Å²) in [6.07, 6.45) is -2.94. The summed E-state index contributed by atoms with van der Waals surface area (Å²) in [7, 11) is 0. The number of nitrogens with one attached hydrogen (secondary N) is 1. The first-order valence-electron chi connectivity index (χ1n) is 11.3. The Hall–Kier alpha value is -3.68. The van der Waals surface area contributed by atoms with E-state index < -0.39 is 23.1 Å². The zero-order valence-electron chi connectivity index (χ0n) is 20.2. The minimum Gasteiger partial charge on any atom is -0.325 e. The number of aromatic nitrogens is 3. The van der Waals surface area contributed by atoms with Crippen LogP contribution in [0.15, 0.2) is 60.8 Å². The molecule has 0 saturated carbocycles. The number of amides is 1. The second kappa shape index (κ2) is 8.83. The standard InChI is InChI=1S/C27H27F3N4O/c1-16(2)18-8-6-7-9-19(18)21-12-13-24-31-23(15-34(24)33-21)17-10-11-20(27(28,29)30)22(14-17)32-25(35)26(3,4)5/h6-16H,1-5H3,(H,32,35). The van der Waals surface area contributed by atoms with E-state index in [1.807, 2.05) is 30.3 Å². The summed E-state index contributed by atoms with van der Waals surface area (Å²) in [5.74, 6) is -0.193. The fraction of sp³-hybridized carbons (Fsp3) is 0.296. The summed E-state index contributed by atoms with van der Waals surface area (Å²) >= 11 is 0. The quantitative estimate of drug-likeness (QED) is 0.336. The third kappa shape index (κ3) is 5.06. The number of benzene rings is 2. The maximum absolute atomic E-state index is 13.6. The highest BCUT2D eigenvalue weighted by Gasteiger charge is 2.35. The molecule has 2 aromatic heterocycles. The van der Waals surface area contributed by atoms with E-state index in [2.05, 4.69) is 30.2 Å². The molecule has 0 aliphatic carbocycles. The molecule has 0 bridgehead atoms. The number of imidazole rings is 1. The highest BCUT2D eigenvalue weighted by Crippen LogP contribution is 2.38. The Morgan fingerprint density at radius 3 is 2.34 bits per heavy atom. The van der Waals surface area contributed by atoms with Crippen LogP contribution in [0.2, 0.25) is 0 Å². The van der Waals surface area contributed by atoms with Gasteiger partial charge in [0.25, 0.3) is 0 Å². The Kier molecular flexibility index (Phi) is 6.17. The lowest BCUT2D eigenvalue weighted by Crippen LogP contribution is -2.28. The Labute approximate surface area is 202 Å². The van der Waals surface area contributed by atoms with Gasteiger partial charge in [-0.3, -0.25) is 4.79 Å². The van der Waals surface area contributed by atoms with Crippen LogP contribution in [0.5, 0.6) is 0 Å². The molecular weight excluding hydrogens is 453 g/mol. The van der Waals surface area contributed by atoms with Crippen LogP contribution in [0.4, 0.5) is 18.9 Å². The predicted octanol–water partition coefficient (Wildman–Crippen LogP) is 7.19. The largest absolute Gasteiger partial charge is 0.418 e. The number of alkyl halides is 3. The normalized spacial score (nSPS) is 12.4. The highest BCUT2D eigenvalue weighted by molar-refractivity contribution is 5.96. The Balaban J connectivity index is 1.77.